The highest BCUT2D eigenvalue weighted by Gasteiger charge is 2.19. The number of nitrogens with zero attached hydrogens (tertiary/aromatic N) is 3. The normalized spacial score (nSPS) is 16.6. The average molecular weight is 290 g/mol. The molecule has 0 aromatic carbocycles. The van der Waals surface area contributed by atoms with E-state index in [1.165, 1.54) is 0 Å². The van der Waals surface area contributed by atoms with Crippen molar-refractivity contribution in [2.45, 2.75) is 39.8 Å². The van der Waals surface area contributed by atoms with Crippen molar-refractivity contribution < 1.29 is 4.79 Å². The van der Waals surface area contributed by atoms with Crippen LogP contribution in [0.2, 0.25) is 0 Å². The molecule has 0 unspecified atom stereocenters. The maximum Gasteiger partial charge on any atom is 0.253 e. The van der Waals surface area contributed by atoms with E-state index in [0.29, 0.717) is 11.6 Å². The standard InChI is InChI=1S/C16H26N4O/c1-12(2)18-16(21)14-5-6-15(17-11-14)20-9-7-19(8-10-20)13(3)4/h5-6,11-13H,7-10H2,1-4H3,(H,18,21). The fraction of sp³-hybridized carbons (Fsp3) is 0.625. The third kappa shape index (κ3) is 4.17. The highest BCUT2D eigenvalue weighted by Crippen LogP contribution is 2.15. The van der Waals surface area contributed by atoms with E-state index in [1.807, 2.05) is 26.0 Å². The number of amides is 1. The van der Waals surface area contributed by atoms with Crippen LogP contribution in [0.4, 0.5) is 5.82 Å². The predicted octanol–water partition coefficient (Wildman–Crippen LogP) is 1.75. The van der Waals surface area contributed by atoms with Gasteiger partial charge in [0.15, 0.2) is 0 Å². The monoisotopic (exact) mass is 290 g/mol. The molecule has 0 bridgehead atoms. The smallest absolute Gasteiger partial charge is 0.253 e. The van der Waals surface area contributed by atoms with Gasteiger partial charge in [-0.2, -0.15) is 0 Å². The summed E-state index contributed by atoms with van der Waals surface area (Å²) in [6.45, 7) is 12.5. The first-order valence-electron chi connectivity index (χ1n) is 7.73. The molecular weight excluding hydrogens is 264 g/mol. The van der Waals surface area contributed by atoms with Crippen molar-refractivity contribution in [1.82, 2.24) is 15.2 Å². The van der Waals surface area contributed by atoms with Gasteiger partial charge in [0.25, 0.3) is 5.91 Å². The van der Waals surface area contributed by atoms with Crippen LogP contribution in [0.3, 0.4) is 0 Å². The Kier molecular flexibility index (Phi) is 5.17. The minimum Gasteiger partial charge on any atom is -0.354 e. The van der Waals surface area contributed by atoms with Crippen LogP contribution in [0.1, 0.15) is 38.1 Å². The van der Waals surface area contributed by atoms with Crippen molar-refractivity contribution >= 4 is 11.7 Å². The summed E-state index contributed by atoms with van der Waals surface area (Å²) in [5, 5.41) is 2.88. The van der Waals surface area contributed by atoms with Gasteiger partial charge in [-0.05, 0) is 39.8 Å². The van der Waals surface area contributed by atoms with Gasteiger partial charge >= 0.3 is 0 Å². The summed E-state index contributed by atoms with van der Waals surface area (Å²) in [6, 6.07) is 4.54. The number of anilines is 1. The van der Waals surface area contributed by atoms with Crippen LogP contribution in [0.25, 0.3) is 0 Å². The molecule has 1 N–H and O–H groups in total. The molecule has 5 nitrogen and oxygen atoms in total. The van der Waals surface area contributed by atoms with E-state index in [2.05, 4.69) is 33.9 Å². The second-order valence-corrected chi connectivity index (χ2v) is 6.15. The molecule has 2 heterocycles. The van der Waals surface area contributed by atoms with Gasteiger partial charge in [0, 0.05) is 44.5 Å². The van der Waals surface area contributed by atoms with Crippen molar-refractivity contribution in [3.63, 3.8) is 0 Å². The highest BCUT2D eigenvalue weighted by atomic mass is 16.1. The van der Waals surface area contributed by atoms with Gasteiger partial charge in [-0.25, -0.2) is 4.98 Å². The Labute approximate surface area is 127 Å². The molecule has 116 valence electrons. The number of hydrogen-bond donors (Lipinski definition) is 1. The Morgan fingerprint density at radius 2 is 1.81 bits per heavy atom. The minimum absolute atomic E-state index is 0.0614. The number of rotatable bonds is 4. The summed E-state index contributed by atoms with van der Waals surface area (Å²) >= 11 is 0. The van der Waals surface area contributed by atoms with Crippen LogP contribution < -0.4 is 10.2 Å². The van der Waals surface area contributed by atoms with Gasteiger partial charge in [0.1, 0.15) is 5.82 Å². The van der Waals surface area contributed by atoms with Gasteiger partial charge in [-0.15, -0.1) is 0 Å². The van der Waals surface area contributed by atoms with Crippen molar-refractivity contribution in [2.75, 3.05) is 31.1 Å². The van der Waals surface area contributed by atoms with E-state index in [1.54, 1.807) is 6.20 Å². The zero-order valence-electron chi connectivity index (χ0n) is 13.5. The Bertz CT molecular complexity index is 462. The number of pyridine rings is 1. The summed E-state index contributed by atoms with van der Waals surface area (Å²) in [4.78, 5) is 21.1. The number of carbonyl (C=O) groups is 1. The molecule has 1 aliphatic rings. The molecule has 1 aliphatic heterocycles. The van der Waals surface area contributed by atoms with Crippen LogP contribution >= 0.6 is 0 Å². The summed E-state index contributed by atoms with van der Waals surface area (Å²) in [5.74, 6) is 0.896. The molecule has 2 rings (SSSR count). The van der Waals surface area contributed by atoms with Gasteiger partial charge < -0.3 is 10.2 Å². The summed E-state index contributed by atoms with van der Waals surface area (Å²) in [6.07, 6.45) is 1.67. The van der Waals surface area contributed by atoms with Crippen LogP contribution in [-0.4, -0.2) is 54.1 Å². The van der Waals surface area contributed by atoms with Gasteiger partial charge in [0.05, 0.1) is 5.56 Å². The first kappa shape index (κ1) is 15.8. The van der Waals surface area contributed by atoms with Gasteiger partial charge in [-0.1, -0.05) is 0 Å². The molecule has 0 radical (unpaired) electrons. The number of piperazine rings is 1. The fourth-order valence-electron chi connectivity index (χ4n) is 2.52. The number of carbonyl (C=O) groups excluding carboxylic acids is 1. The molecule has 0 spiro atoms. The van der Waals surface area contributed by atoms with E-state index in [-0.39, 0.29) is 11.9 Å². The molecule has 0 saturated carbocycles. The van der Waals surface area contributed by atoms with Crippen molar-refractivity contribution in [3.8, 4) is 0 Å². The Balaban J connectivity index is 1.95. The Hall–Kier alpha value is -1.62. The van der Waals surface area contributed by atoms with E-state index in [0.717, 1.165) is 32.0 Å². The fourth-order valence-corrected chi connectivity index (χ4v) is 2.52. The van der Waals surface area contributed by atoms with E-state index in [4.69, 9.17) is 0 Å². The lowest BCUT2D eigenvalue weighted by Crippen LogP contribution is -2.49. The lowest BCUT2D eigenvalue weighted by atomic mass is 10.2. The Morgan fingerprint density at radius 3 is 2.29 bits per heavy atom. The molecule has 1 fully saturated rings. The number of aromatic nitrogens is 1. The lowest BCUT2D eigenvalue weighted by molar-refractivity contribution is 0.0943. The zero-order valence-corrected chi connectivity index (χ0v) is 13.5. The predicted molar refractivity (Wildman–Crippen MR) is 85.8 cm³/mol. The van der Waals surface area contributed by atoms with Crippen molar-refractivity contribution in [2.24, 2.45) is 0 Å². The highest BCUT2D eigenvalue weighted by molar-refractivity contribution is 5.94. The molecular formula is C16H26N4O. The second-order valence-electron chi connectivity index (χ2n) is 6.15. The Morgan fingerprint density at radius 1 is 1.14 bits per heavy atom. The summed E-state index contributed by atoms with van der Waals surface area (Å²) < 4.78 is 0. The largest absolute Gasteiger partial charge is 0.354 e. The molecule has 1 aromatic heterocycles. The SMILES string of the molecule is CC(C)NC(=O)c1ccc(N2CCN(C(C)C)CC2)nc1. The van der Waals surface area contributed by atoms with Crippen LogP contribution in [0.15, 0.2) is 18.3 Å². The molecule has 1 amide bonds. The molecule has 0 aliphatic carbocycles. The van der Waals surface area contributed by atoms with Crippen LogP contribution in [0.5, 0.6) is 0 Å². The summed E-state index contributed by atoms with van der Waals surface area (Å²) in [7, 11) is 0. The average Bonchev–Trinajstić information content (AvgIpc) is 2.47. The second kappa shape index (κ2) is 6.89. The topological polar surface area (TPSA) is 48.5 Å². The van der Waals surface area contributed by atoms with E-state index in [9.17, 15) is 4.79 Å². The van der Waals surface area contributed by atoms with Crippen LogP contribution in [0, 0.1) is 0 Å². The summed E-state index contributed by atoms with van der Waals surface area (Å²) in [5.41, 5.74) is 0.619. The maximum absolute atomic E-state index is 11.9. The molecule has 1 aromatic rings. The minimum atomic E-state index is -0.0614. The van der Waals surface area contributed by atoms with Crippen LogP contribution in [-0.2, 0) is 0 Å². The quantitative estimate of drug-likeness (QED) is 0.918. The number of nitrogens with one attached hydrogen (secondary N) is 1. The van der Waals surface area contributed by atoms with E-state index >= 15 is 0 Å². The zero-order chi connectivity index (χ0) is 15.4. The third-order valence-corrected chi connectivity index (χ3v) is 3.80. The first-order valence-corrected chi connectivity index (χ1v) is 7.73. The molecule has 0 atom stereocenters. The van der Waals surface area contributed by atoms with Gasteiger partial charge in [-0.3, -0.25) is 9.69 Å². The first-order chi connectivity index (χ1) is 9.97. The molecule has 1 saturated heterocycles. The van der Waals surface area contributed by atoms with Crippen molar-refractivity contribution in [1.29, 1.82) is 0 Å². The maximum atomic E-state index is 11.9. The van der Waals surface area contributed by atoms with Crippen molar-refractivity contribution in [3.05, 3.63) is 23.9 Å². The molecule has 5 heteroatoms. The third-order valence-electron chi connectivity index (χ3n) is 3.80. The number of hydrogen-bond acceptors (Lipinski definition) is 4. The molecule has 21 heavy (non-hydrogen) atoms. The van der Waals surface area contributed by atoms with E-state index < -0.39 is 0 Å². The lowest BCUT2D eigenvalue weighted by Gasteiger charge is -2.37. The van der Waals surface area contributed by atoms with Gasteiger partial charge in [0.2, 0.25) is 0 Å².